The number of carbonyl (C=O) groups is 1. The minimum Gasteiger partial charge on any atom is -0.375 e. The minimum absolute atomic E-state index is 0.258. The van der Waals surface area contributed by atoms with Gasteiger partial charge in [0.2, 0.25) is 0 Å². The third kappa shape index (κ3) is 4.20. The van der Waals surface area contributed by atoms with Gasteiger partial charge in [0.1, 0.15) is 17.7 Å². The highest BCUT2D eigenvalue weighted by molar-refractivity contribution is 5.94. The largest absolute Gasteiger partial charge is 0.375 e. The summed E-state index contributed by atoms with van der Waals surface area (Å²) in [5.41, 5.74) is 1.12. The van der Waals surface area contributed by atoms with Crippen LogP contribution in [0, 0.1) is 17.1 Å². The van der Waals surface area contributed by atoms with Crippen molar-refractivity contribution in [2.75, 3.05) is 37.4 Å². The second kappa shape index (κ2) is 7.92. The van der Waals surface area contributed by atoms with E-state index in [1.807, 2.05) is 6.07 Å². The Hall–Kier alpha value is -3.14. The van der Waals surface area contributed by atoms with E-state index in [0.29, 0.717) is 30.2 Å². The van der Waals surface area contributed by atoms with E-state index in [-0.39, 0.29) is 11.5 Å². The average Bonchev–Trinajstić information content (AvgIpc) is 2.58. The normalized spacial score (nSPS) is 9.92. The summed E-state index contributed by atoms with van der Waals surface area (Å²) in [4.78, 5) is 17.7. The molecular weight excluding hydrogens is 309 g/mol. The molecule has 2 rings (SSSR count). The maximum Gasteiger partial charge on any atom is 0.251 e. The third-order valence-corrected chi connectivity index (χ3v) is 3.32. The van der Waals surface area contributed by atoms with Crippen LogP contribution in [0.15, 0.2) is 36.5 Å². The molecule has 6 nitrogen and oxygen atoms in total. The Bertz CT molecular complexity index is 770. The van der Waals surface area contributed by atoms with Crippen molar-refractivity contribution < 1.29 is 9.18 Å². The van der Waals surface area contributed by atoms with Gasteiger partial charge in [-0.25, -0.2) is 9.37 Å². The van der Waals surface area contributed by atoms with E-state index in [9.17, 15) is 9.18 Å². The van der Waals surface area contributed by atoms with Crippen molar-refractivity contribution in [1.29, 1.82) is 5.26 Å². The first-order chi connectivity index (χ1) is 11.5. The van der Waals surface area contributed by atoms with Crippen LogP contribution in [0.2, 0.25) is 0 Å². The molecule has 2 N–H and O–H groups in total. The topological polar surface area (TPSA) is 81.1 Å². The van der Waals surface area contributed by atoms with Crippen molar-refractivity contribution in [3.8, 4) is 6.07 Å². The molecule has 0 aliphatic rings. The van der Waals surface area contributed by atoms with Gasteiger partial charge in [0.05, 0.1) is 11.3 Å². The second-order valence-electron chi connectivity index (χ2n) is 5.25. The quantitative estimate of drug-likeness (QED) is 0.793. The van der Waals surface area contributed by atoms with Gasteiger partial charge in [0, 0.05) is 38.9 Å². The highest BCUT2D eigenvalue weighted by Crippen LogP contribution is 2.18. The first-order valence-corrected chi connectivity index (χ1v) is 7.37. The van der Waals surface area contributed by atoms with Crippen molar-refractivity contribution in [3.63, 3.8) is 0 Å². The molecule has 0 aliphatic carbocycles. The molecule has 0 saturated carbocycles. The van der Waals surface area contributed by atoms with Gasteiger partial charge in [-0.15, -0.1) is 0 Å². The summed E-state index contributed by atoms with van der Waals surface area (Å²) in [7, 11) is 3.47. The van der Waals surface area contributed by atoms with Crippen LogP contribution in [-0.2, 0) is 0 Å². The Labute approximate surface area is 139 Å². The number of hydrogen-bond donors (Lipinski definition) is 2. The SMILES string of the molecule is CN(C)c1ccc(C(=O)NCCNc2ncccc2C#N)cc1F. The van der Waals surface area contributed by atoms with E-state index in [1.165, 1.54) is 6.07 Å². The number of benzene rings is 1. The predicted octanol–water partition coefficient (Wildman–Crippen LogP) is 2.00. The molecule has 7 heteroatoms. The highest BCUT2D eigenvalue weighted by Gasteiger charge is 2.10. The molecule has 0 aliphatic heterocycles. The summed E-state index contributed by atoms with van der Waals surface area (Å²) in [6, 6.07) is 9.72. The number of nitrogens with zero attached hydrogens (tertiary/aromatic N) is 3. The molecule has 1 aromatic heterocycles. The lowest BCUT2D eigenvalue weighted by molar-refractivity contribution is 0.0954. The molecular formula is C17H18FN5O. The van der Waals surface area contributed by atoms with Crippen LogP contribution >= 0.6 is 0 Å². The fourth-order valence-electron chi connectivity index (χ4n) is 2.11. The van der Waals surface area contributed by atoms with Crippen LogP contribution in [0.4, 0.5) is 15.9 Å². The molecule has 1 amide bonds. The van der Waals surface area contributed by atoms with Crippen molar-refractivity contribution >= 4 is 17.4 Å². The molecule has 24 heavy (non-hydrogen) atoms. The first kappa shape index (κ1) is 17.2. The van der Waals surface area contributed by atoms with Crippen LogP contribution in [0.25, 0.3) is 0 Å². The summed E-state index contributed by atoms with van der Waals surface area (Å²) in [6.07, 6.45) is 1.58. The maximum atomic E-state index is 13.9. The van der Waals surface area contributed by atoms with Crippen molar-refractivity contribution in [1.82, 2.24) is 10.3 Å². The molecule has 0 fully saturated rings. The van der Waals surface area contributed by atoms with Gasteiger partial charge >= 0.3 is 0 Å². The van der Waals surface area contributed by atoms with E-state index < -0.39 is 5.82 Å². The van der Waals surface area contributed by atoms with E-state index in [4.69, 9.17) is 5.26 Å². The number of pyridine rings is 1. The van der Waals surface area contributed by atoms with E-state index >= 15 is 0 Å². The van der Waals surface area contributed by atoms with Crippen molar-refractivity contribution in [2.24, 2.45) is 0 Å². The number of hydrogen-bond acceptors (Lipinski definition) is 5. The summed E-state index contributed by atoms with van der Waals surface area (Å²) in [6.45, 7) is 0.715. The average molecular weight is 327 g/mol. The number of rotatable bonds is 6. The van der Waals surface area contributed by atoms with Gasteiger partial charge in [-0.1, -0.05) is 0 Å². The standard InChI is InChI=1S/C17H18FN5O/c1-23(2)15-6-5-12(10-14(15)18)17(24)22-9-8-21-16-13(11-19)4-3-7-20-16/h3-7,10H,8-9H2,1-2H3,(H,20,21)(H,22,24). The molecule has 1 heterocycles. The van der Waals surface area contributed by atoms with Crippen molar-refractivity contribution in [2.45, 2.75) is 0 Å². The van der Waals surface area contributed by atoms with E-state index in [2.05, 4.69) is 15.6 Å². The molecule has 2 aromatic rings. The number of nitrogens with one attached hydrogen (secondary N) is 2. The zero-order valence-electron chi connectivity index (χ0n) is 13.5. The first-order valence-electron chi connectivity index (χ1n) is 7.37. The van der Waals surface area contributed by atoms with Crippen LogP contribution in [0.1, 0.15) is 15.9 Å². The minimum atomic E-state index is -0.446. The van der Waals surface area contributed by atoms with Crippen LogP contribution in [0.5, 0.6) is 0 Å². The summed E-state index contributed by atoms with van der Waals surface area (Å²) >= 11 is 0. The molecule has 0 unspecified atom stereocenters. The lowest BCUT2D eigenvalue weighted by Gasteiger charge is -2.14. The smallest absolute Gasteiger partial charge is 0.251 e. The van der Waals surface area contributed by atoms with E-state index in [1.54, 1.807) is 49.5 Å². The Morgan fingerprint density at radius 1 is 1.33 bits per heavy atom. The van der Waals surface area contributed by atoms with E-state index in [0.717, 1.165) is 0 Å². The molecule has 124 valence electrons. The Balaban J connectivity index is 1.88. The summed E-state index contributed by atoms with van der Waals surface area (Å²) in [5, 5.41) is 14.6. The second-order valence-corrected chi connectivity index (χ2v) is 5.25. The number of amides is 1. The van der Waals surface area contributed by atoms with Gasteiger partial charge in [-0.2, -0.15) is 5.26 Å². The molecule has 0 saturated heterocycles. The Kier molecular flexibility index (Phi) is 5.68. The Morgan fingerprint density at radius 3 is 2.79 bits per heavy atom. The number of aromatic nitrogens is 1. The third-order valence-electron chi connectivity index (χ3n) is 3.32. The van der Waals surface area contributed by atoms with Gasteiger partial charge in [0.25, 0.3) is 5.91 Å². The van der Waals surface area contributed by atoms with Crippen LogP contribution < -0.4 is 15.5 Å². The van der Waals surface area contributed by atoms with Crippen molar-refractivity contribution in [3.05, 3.63) is 53.5 Å². The molecule has 0 spiro atoms. The zero-order valence-corrected chi connectivity index (χ0v) is 13.5. The van der Waals surface area contributed by atoms with Gasteiger partial charge in [-0.3, -0.25) is 4.79 Å². The number of nitriles is 1. The van der Waals surface area contributed by atoms with Crippen LogP contribution in [0.3, 0.4) is 0 Å². The highest BCUT2D eigenvalue weighted by atomic mass is 19.1. The summed E-state index contributed by atoms with van der Waals surface area (Å²) < 4.78 is 13.9. The Morgan fingerprint density at radius 2 is 2.12 bits per heavy atom. The zero-order chi connectivity index (χ0) is 17.5. The molecule has 0 bridgehead atoms. The van der Waals surface area contributed by atoms with Gasteiger partial charge in [0.15, 0.2) is 0 Å². The fraction of sp³-hybridized carbons (Fsp3) is 0.235. The lowest BCUT2D eigenvalue weighted by atomic mass is 10.1. The van der Waals surface area contributed by atoms with Gasteiger partial charge < -0.3 is 15.5 Å². The number of carbonyl (C=O) groups excluding carboxylic acids is 1. The van der Waals surface area contributed by atoms with Gasteiger partial charge in [-0.05, 0) is 30.3 Å². The molecule has 0 atom stereocenters. The monoisotopic (exact) mass is 327 g/mol. The molecule has 1 aromatic carbocycles. The maximum absolute atomic E-state index is 13.9. The molecule has 0 radical (unpaired) electrons. The predicted molar refractivity (Wildman–Crippen MR) is 90.5 cm³/mol. The fourth-order valence-corrected chi connectivity index (χ4v) is 2.11. The summed E-state index contributed by atoms with van der Waals surface area (Å²) in [5.74, 6) is -0.337. The van der Waals surface area contributed by atoms with Crippen LogP contribution in [-0.4, -0.2) is 38.1 Å². The number of halogens is 1. The number of anilines is 2. The lowest BCUT2D eigenvalue weighted by Crippen LogP contribution is -2.29.